The molecule has 6 bridgehead atoms. The van der Waals surface area contributed by atoms with E-state index in [0.717, 1.165) is 16.7 Å². The topological polar surface area (TPSA) is 136 Å². The second-order valence-electron chi connectivity index (χ2n) is 12.1. The summed E-state index contributed by atoms with van der Waals surface area (Å²) in [6, 6.07) is 12.6. The zero-order chi connectivity index (χ0) is 32.0. The molecule has 6 rings (SSSR count). The summed E-state index contributed by atoms with van der Waals surface area (Å²) >= 11 is 0. The molecule has 2 aliphatic heterocycles. The quantitative estimate of drug-likeness (QED) is 0.303. The van der Waals surface area contributed by atoms with Crippen molar-refractivity contribution in [2.24, 2.45) is 5.92 Å². The lowest BCUT2D eigenvalue weighted by Crippen LogP contribution is -2.45. The average molecular weight is 629 g/mol. The number of benzene rings is 2. The summed E-state index contributed by atoms with van der Waals surface area (Å²) in [5, 5.41) is 0. The first-order valence-corrected chi connectivity index (χ1v) is 16.5. The molecular weight excluding hydrogens is 592 g/mol. The number of hydrogen-bond donors (Lipinski definition) is 1. The summed E-state index contributed by atoms with van der Waals surface area (Å²) in [7, 11) is -4.16. The van der Waals surface area contributed by atoms with E-state index < -0.39 is 28.2 Å². The van der Waals surface area contributed by atoms with Crippen LogP contribution in [0.3, 0.4) is 0 Å². The maximum Gasteiger partial charge on any atom is 0.264 e. The predicted molar refractivity (Wildman–Crippen MR) is 169 cm³/mol. The highest BCUT2D eigenvalue weighted by Crippen LogP contribution is 2.42. The van der Waals surface area contributed by atoms with Crippen molar-refractivity contribution in [3.8, 4) is 22.9 Å². The monoisotopic (exact) mass is 628 g/mol. The molecular formula is C33H36N6O5S. The summed E-state index contributed by atoms with van der Waals surface area (Å²) in [6.07, 6.45) is 3.04. The minimum Gasteiger partial charge on any atom is -0.488 e. The minimum absolute atomic E-state index is 0.0398. The highest BCUT2D eigenvalue weighted by atomic mass is 32.2. The molecule has 2 aromatic heterocycles. The lowest BCUT2D eigenvalue weighted by atomic mass is 9.98. The average Bonchev–Trinajstić information content (AvgIpc) is 3.35. The van der Waals surface area contributed by atoms with Gasteiger partial charge in [0.15, 0.2) is 11.6 Å². The van der Waals surface area contributed by atoms with Crippen molar-refractivity contribution >= 4 is 21.9 Å². The van der Waals surface area contributed by atoms with Crippen molar-refractivity contribution < 1.29 is 22.7 Å². The Kier molecular flexibility index (Phi) is 7.94. The number of aryl methyl sites for hydroxylation is 2. The molecule has 2 aliphatic rings. The second-order valence-corrected chi connectivity index (χ2v) is 13.8. The van der Waals surface area contributed by atoms with Crippen molar-refractivity contribution in [2.75, 3.05) is 4.72 Å². The molecule has 1 N–H and O–H groups in total. The molecule has 0 radical (unpaired) electrons. The van der Waals surface area contributed by atoms with Crippen LogP contribution in [0.25, 0.3) is 11.3 Å². The van der Waals surface area contributed by atoms with Gasteiger partial charge in [0.25, 0.3) is 15.9 Å². The molecule has 4 aromatic rings. The van der Waals surface area contributed by atoms with Gasteiger partial charge < -0.3 is 14.4 Å². The summed E-state index contributed by atoms with van der Waals surface area (Å²) in [6.45, 7) is 11.8. The van der Waals surface area contributed by atoms with Crippen molar-refractivity contribution in [3.63, 3.8) is 0 Å². The SMILES string of the molecule is Cc1cccc(C)c1-c1cc2nc(n1)NS(=O)(=O)c1cccc(c1)C(=O)N1C(c3ncc(OC(C)C)cn3)CC(O2)C1C(C)C. The van der Waals surface area contributed by atoms with Crippen molar-refractivity contribution in [3.05, 3.63) is 83.4 Å². The second kappa shape index (κ2) is 11.7. The third-order valence-corrected chi connectivity index (χ3v) is 9.38. The fraction of sp³-hybridized carbons (Fsp3) is 0.364. The van der Waals surface area contributed by atoms with Crippen LogP contribution in [0.4, 0.5) is 5.95 Å². The first kappa shape index (κ1) is 30.4. The Labute approximate surface area is 263 Å². The first-order chi connectivity index (χ1) is 21.4. The Morgan fingerprint density at radius 2 is 1.67 bits per heavy atom. The van der Waals surface area contributed by atoms with Gasteiger partial charge in [-0.1, -0.05) is 38.1 Å². The maximum atomic E-state index is 14.3. The van der Waals surface area contributed by atoms with Crippen LogP contribution in [-0.4, -0.2) is 57.4 Å². The molecule has 1 fully saturated rings. The Morgan fingerprint density at radius 3 is 2.33 bits per heavy atom. The molecule has 11 nitrogen and oxygen atoms in total. The molecule has 1 saturated heterocycles. The highest BCUT2D eigenvalue weighted by Gasteiger charge is 2.49. The van der Waals surface area contributed by atoms with Gasteiger partial charge in [-0.25, -0.2) is 28.1 Å². The highest BCUT2D eigenvalue weighted by molar-refractivity contribution is 7.92. The Morgan fingerprint density at radius 1 is 0.978 bits per heavy atom. The Balaban J connectivity index is 1.53. The first-order valence-electron chi connectivity index (χ1n) is 15.0. The molecule has 3 unspecified atom stereocenters. The number of carbonyl (C=O) groups is 1. The van der Waals surface area contributed by atoms with Crippen molar-refractivity contribution in [1.29, 1.82) is 0 Å². The van der Waals surface area contributed by atoms with E-state index in [1.807, 2.05) is 59.7 Å². The Hall–Kier alpha value is -4.58. The van der Waals surface area contributed by atoms with E-state index in [9.17, 15) is 13.2 Å². The number of sulfonamides is 1. The van der Waals surface area contributed by atoms with Gasteiger partial charge in [0.1, 0.15) is 6.10 Å². The summed E-state index contributed by atoms with van der Waals surface area (Å²) in [4.78, 5) is 34.3. The third kappa shape index (κ3) is 5.94. The molecule has 12 heteroatoms. The zero-order valence-electron chi connectivity index (χ0n) is 26.1. The van der Waals surface area contributed by atoms with Gasteiger partial charge in [-0.2, -0.15) is 4.98 Å². The summed E-state index contributed by atoms with van der Waals surface area (Å²) in [5.41, 5.74) is 3.54. The number of nitrogens with zero attached hydrogens (tertiary/aromatic N) is 5. The minimum atomic E-state index is -4.16. The number of rotatable bonds is 5. The van der Waals surface area contributed by atoms with Crippen LogP contribution >= 0.6 is 0 Å². The number of fused-ring (bicyclic) bond motifs is 6. The van der Waals surface area contributed by atoms with E-state index in [1.54, 1.807) is 35.5 Å². The third-order valence-electron chi connectivity index (χ3n) is 8.06. The van der Waals surface area contributed by atoms with Gasteiger partial charge >= 0.3 is 0 Å². The smallest absolute Gasteiger partial charge is 0.264 e. The van der Waals surface area contributed by atoms with Crippen molar-refractivity contribution in [2.45, 2.75) is 77.2 Å². The normalized spacial score (nSPS) is 20.6. The fourth-order valence-corrected chi connectivity index (χ4v) is 7.21. The molecule has 0 aliphatic carbocycles. The standard InChI is InChI=1S/C33H36N6O5S/c1-18(2)30-27-15-26(31-34-16-23(17-35-31)43-19(3)4)39(30)32(40)22-11-8-12-24(13-22)45(41,42)38-33-36-25(14-28(37-33)44-27)29-20(5)9-7-10-21(29)6/h7-14,16-19,26-27,30H,15H2,1-6H3,(H,36,37,38). The molecule has 234 valence electrons. The van der Waals surface area contributed by atoms with Crippen LogP contribution in [0, 0.1) is 19.8 Å². The lowest BCUT2D eigenvalue weighted by molar-refractivity contribution is 0.0512. The van der Waals surface area contributed by atoms with E-state index in [4.69, 9.17) is 9.47 Å². The number of ether oxygens (including phenoxy) is 2. The molecule has 2 aromatic carbocycles. The van der Waals surface area contributed by atoms with Gasteiger partial charge in [-0.05, 0) is 62.9 Å². The zero-order valence-corrected chi connectivity index (χ0v) is 26.9. The largest absolute Gasteiger partial charge is 0.488 e. The van der Waals surface area contributed by atoms with Gasteiger partial charge in [0, 0.05) is 23.6 Å². The van der Waals surface area contributed by atoms with Crippen LogP contribution < -0.4 is 14.2 Å². The number of carbonyl (C=O) groups excluding carboxylic acids is 1. The van der Waals surface area contributed by atoms with E-state index in [-0.39, 0.29) is 40.2 Å². The van der Waals surface area contributed by atoms with Crippen LogP contribution in [0.2, 0.25) is 0 Å². The van der Waals surface area contributed by atoms with E-state index >= 15 is 0 Å². The van der Waals surface area contributed by atoms with Crippen LogP contribution in [0.1, 0.15) is 67.5 Å². The van der Waals surface area contributed by atoms with Crippen molar-refractivity contribution in [1.82, 2.24) is 24.8 Å². The number of hydrogen-bond acceptors (Lipinski definition) is 9. The van der Waals surface area contributed by atoms with E-state index in [0.29, 0.717) is 23.7 Å². The molecule has 1 amide bonds. The number of anilines is 1. The van der Waals surface area contributed by atoms with Gasteiger partial charge in [0.2, 0.25) is 11.8 Å². The molecule has 45 heavy (non-hydrogen) atoms. The van der Waals surface area contributed by atoms with Gasteiger partial charge in [-0.3, -0.25) is 4.79 Å². The van der Waals surface area contributed by atoms with E-state index in [1.165, 1.54) is 12.1 Å². The summed E-state index contributed by atoms with van der Waals surface area (Å²) < 4.78 is 42.1. The lowest BCUT2D eigenvalue weighted by Gasteiger charge is -2.33. The number of amides is 1. The van der Waals surface area contributed by atoms with Gasteiger partial charge in [0.05, 0.1) is 41.2 Å². The molecule has 0 saturated carbocycles. The van der Waals surface area contributed by atoms with Crippen LogP contribution in [-0.2, 0) is 10.0 Å². The van der Waals surface area contributed by atoms with E-state index in [2.05, 4.69) is 24.7 Å². The summed E-state index contributed by atoms with van der Waals surface area (Å²) in [5.74, 6) is 0.642. The van der Waals surface area contributed by atoms with Crippen LogP contribution in [0.15, 0.2) is 65.8 Å². The molecule has 4 heterocycles. The Bertz CT molecular complexity index is 1840. The predicted octanol–water partition coefficient (Wildman–Crippen LogP) is 5.51. The molecule has 0 spiro atoms. The maximum absolute atomic E-state index is 14.3. The fourth-order valence-electron chi connectivity index (χ4n) is 6.22. The van der Waals surface area contributed by atoms with Crippen LogP contribution in [0.5, 0.6) is 11.6 Å². The number of aromatic nitrogens is 4. The molecule has 3 atom stereocenters. The number of nitrogens with one attached hydrogen (secondary N) is 1. The van der Waals surface area contributed by atoms with Gasteiger partial charge in [-0.15, -0.1) is 0 Å².